The van der Waals surface area contributed by atoms with Gasteiger partial charge in [0.05, 0.1) is 17.7 Å². The molecule has 17 heavy (non-hydrogen) atoms. The van der Waals surface area contributed by atoms with E-state index in [2.05, 4.69) is 22.4 Å². The lowest BCUT2D eigenvalue weighted by atomic mass is 10.1. The van der Waals surface area contributed by atoms with Crippen molar-refractivity contribution in [1.29, 1.82) is 10.5 Å². The molecule has 86 valence electrons. The zero-order valence-corrected chi connectivity index (χ0v) is 9.56. The Morgan fingerprint density at radius 2 is 2.06 bits per heavy atom. The van der Waals surface area contributed by atoms with Crippen LogP contribution in [0.1, 0.15) is 11.1 Å². The third-order valence-corrected chi connectivity index (χ3v) is 2.97. The van der Waals surface area contributed by atoms with Gasteiger partial charge in [-0.3, -0.25) is 4.90 Å². The van der Waals surface area contributed by atoms with Gasteiger partial charge in [0.25, 0.3) is 0 Å². The molecule has 1 aromatic carbocycles. The van der Waals surface area contributed by atoms with Crippen LogP contribution in [0.25, 0.3) is 0 Å². The molecule has 0 radical (unpaired) electrons. The molecule has 1 atom stereocenters. The zero-order chi connectivity index (χ0) is 12.1. The summed E-state index contributed by atoms with van der Waals surface area (Å²) in [6, 6.07) is 11.9. The summed E-state index contributed by atoms with van der Waals surface area (Å²) < 4.78 is 0. The summed E-state index contributed by atoms with van der Waals surface area (Å²) in [5, 5.41) is 21.0. The maximum absolute atomic E-state index is 9.05. The summed E-state index contributed by atoms with van der Waals surface area (Å²) in [7, 11) is 0. The molecule has 0 aromatic heterocycles. The van der Waals surface area contributed by atoms with Gasteiger partial charge in [0, 0.05) is 26.2 Å². The predicted octanol–water partition coefficient (Wildman–Crippen LogP) is 0.856. The van der Waals surface area contributed by atoms with Gasteiger partial charge in [-0.05, 0) is 17.7 Å². The molecule has 1 aliphatic heterocycles. The van der Waals surface area contributed by atoms with Crippen molar-refractivity contribution in [2.75, 3.05) is 19.6 Å². The number of piperazine rings is 1. The number of rotatable bonds is 2. The highest BCUT2D eigenvalue weighted by molar-refractivity contribution is 5.31. The quantitative estimate of drug-likeness (QED) is 0.812. The molecule has 0 bridgehead atoms. The normalized spacial score (nSPS) is 20.5. The van der Waals surface area contributed by atoms with E-state index in [-0.39, 0.29) is 6.04 Å². The molecule has 1 unspecified atom stereocenters. The first kappa shape index (κ1) is 11.6. The fourth-order valence-electron chi connectivity index (χ4n) is 1.98. The molecule has 1 aromatic rings. The van der Waals surface area contributed by atoms with E-state index in [1.807, 2.05) is 24.3 Å². The van der Waals surface area contributed by atoms with Gasteiger partial charge in [-0.2, -0.15) is 10.5 Å². The lowest BCUT2D eigenvalue weighted by Crippen LogP contribution is -2.49. The van der Waals surface area contributed by atoms with Gasteiger partial charge < -0.3 is 5.32 Å². The van der Waals surface area contributed by atoms with Crippen LogP contribution in [0.4, 0.5) is 0 Å². The molecule has 1 saturated heterocycles. The second-order valence-corrected chi connectivity index (χ2v) is 4.13. The van der Waals surface area contributed by atoms with Crippen molar-refractivity contribution >= 4 is 0 Å². The molecule has 1 N–H and O–H groups in total. The first-order valence-corrected chi connectivity index (χ1v) is 5.67. The summed E-state index contributed by atoms with van der Waals surface area (Å²) in [6.07, 6.45) is 0. The van der Waals surface area contributed by atoms with Crippen molar-refractivity contribution in [2.24, 2.45) is 0 Å². The Morgan fingerprint density at radius 1 is 1.29 bits per heavy atom. The molecule has 4 heteroatoms. The van der Waals surface area contributed by atoms with Crippen molar-refractivity contribution in [1.82, 2.24) is 10.2 Å². The average molecular weight is 226 g/mol. The minimum Gasteiger partial charge on any atom is -0.313 e. The van der Waals surface area contributed by atoms with E-state index in [9.17, 15) is 0 Å². The highest BCUT2D eigenvalue weighted by Crippen LogP contribution is 2.10. The van der Waals surface area contributed by atoms with Crippen molar-refractivity contribution in [2.45, 2.75) is 12.6 Å². The molecule has 0 amide bonds. The number of nitrogens with zero attached hydrogens (tertiary/aromatic N) is 3. The second kappa shape index (κ2) is 5.45. The highest BCUT2D eigenvalue weighted by atomic mass is 15.2. The van der Waals surface area contributed by atoms with Crippen LogP contribution < -0.4 is 5.32 Å². The van der Waals surface area contributed by atoms with E-state index in [1.54, 1.807) is 0 Å². The van der Waals surface area contributed by atoms with E-state index in [0.29, 0.717) is 5.56 Å². The molecular weight excluding hydrogens is 212 g/mol. The molecule has 1 fully saturated rings. The van der Waals surface area contributed by atoms with Crippen molar-refractivity contribution < 1.29 is 0 Å². The SMILES string of the molecule is N#Cc1ccc(CN2CCNCC2C#N)cc1. The van der Waals surface area contributed by atoms with Gasteiger partial charge in [0.2, 0.25) is 0 Å². The highest BCUT2D eigenvalue weighted by Gasteiger charge is 2.21. The third kappa shape index (κ3) is 2.82. The summed E-state index contributed by atoms with van der Waals surface area (Å²) in [4.78, 5) is 2.16. The molecule has 2 rings (SSSR count). The first-order valence-electron chi connectivity index (χ1n) is 5.67. The number of hydrogen-bond acceptors (Lipinski definition) is 4. The maximum Gasteiger partial charge on any atom is 0.111 e. The fraction of sp³-hybridized carbons (Fsp3) is 0.385. The Bertz CT molecular complexity index is 452. The van der Waals surface area contributed by atoms with Gasteiger partial charge in [-0.15, -0.1) is 0 Å². The largest absolute Gasteiger partial charge is 0.313 e. The number of benzene rings is 1. The molecular formula is C13H14N4. The Hall–Kier alpha value is -1.88. The second-order valence-electron chi connectivity index (χ2n) is 4.13. The number of nitrogens with one attached hydrogen (secondary N) is 1. The van der Waals surface area contributed by atoms with Gasteiger partial charge in [-0.25, -0.2) is 0 Å². The van der Waals surface area contributed by atoms with E-state index in [4.69, 9.17) is 10.5 Å². The maximum atomic E-state index is 9.05. The van der Waals surface area contributed by atoms with Crippen LogP contribution in [0.15, 0.2) is 24.3 Å². The van der Waals surface area contributed by atoms with Gasteiger partial charge in [0.1, 0.15) is 6.04 Å². The van der Waals surface area contributed by atoms with Crippen LogP contribution in [-0.4, -0.2) is 30.6 Å². The first-order chi connectivity index (χ1) is 8.33. The van der Waals surface area contributed by atoms with Crippen LogP contribution in [0, 0.1) is 22.7 Å². The van der Waals surface area contributed by atoms with E-state index >= 15 is 0 Å². The fourth-order valence-corrected chi connectivity index (χ4v) is 1.98. The van der Waals surface area contributed by atoms with E-state index in [1.165, 1.54) is 0 Å². The zero-order valence-electron chi connectivity index (χ0n) is 9.56. The minimum atomic E-state index is -0.0561. The summed E-state index contributed by atoms with van der Waals surface area (Å²) in [5.74, 6) is 0. The Balaban J connectivity index is 2.04. The third-order valence-electron chi connectivity index (χ3n) is 2.97. The lowest BCUT2D eigenvalue weighted by molar-refractivity contribution is 0.189. The van der Waals surface area contributed by atoms with Crippen molar-refractivity contribution in [3.05, 3.63) is 35.4 Å². The minimum absolute atomic E-state index is 0.0561. The van der Waals surface area contributed by atoms with E-state index in [0.717, 1.165) is 31.7 Å². The predicted molar refractivity (Wildman–Crippen MR) is 63.8 cm³/mol. The van der Waals surface area contributed by atoms with Gasteiger partial charge >= 0.3 is 0 Å². The van der Waals surface area contributed by atoms with Gasteiger partial charge in [-0.1, -0.05) is 12.1 Å². The van der Waals surface area contributed by atoms with Gasteiger partial charge in [0.15, 0.2) is 0 Å². The van der Waals surface area contributed by atoms with Crippen LogP contribution in [-0.2, 0) is 6.54 Å². The number of hydrogen-bond donors (Lipinski definition) is 1. The standard InChI is InChI=1S/C13H14N4/c14-7-11-1-3-12(4-2-11)10-17-6-5-16-9-13(17)8-15/h1-4,13,16H,5-6,9-10H2. The Kier molecular flexibility index (Phi) is 3.72. The van der Waals surface area contributed by atoms with Crippen LogP contribution in [0.3, 0.4) is 0 Å². The molecule has 0 aliphatic carbocycles. The topological polar surface area (TPSA) is 62.9 Å². The van der Waals surface area contributed by atoms with Crippen molar-refractivity contribution in [3.8, 4) is 12.1 Å². The van der Waals surface area contributed by atoms with Crippen LogP contribution in [0.2, 0.25) is 0 Å². The monoisotopic (exact) mass is 226 g/mol. The number of nitriles is 2. The molecule has 1 heterocycles. The molecule has 4 nitrogen and oxygen atoms in total. The van der Waals surface area contributed by atoms with Crippen molar-refractivity contribution in [3.63, 3.8) is 0 Å². The lowest BCUT2D eigenvalue weighted by Gasteiger charge is -2.31. The average Bonchev–Trinajstić information content (AvgIpc) is 2.40. The van der Waals surface area contributed by atoms with Crippen LogP contribution in [0.5, 0.6) is 0 Å². The van der Waals surface area contributed by atoms with E-state index < -0.39 is 0 Å². The van der Waals surface area contributed by atoms with Crippen LogP contribution >= 0.6 is 0 Å². The molecule has 0 saturated carbocycles. The molecule has 0 spiro atoms. The summed E-state index contributed by atoms with van der Waals surface area (Å²) in [6.45, 7) is 3.31. The summed E-state index contributed by atoms with van der Waals surface area (Å²) in [5.41, 5.74) is 1.82. The molecule has 1 aliphatic rings. The Morgan fingerprint density at radius 3 is 2.71 bits per heavy atom. The smallest absolute Gasteiger partial charge is 0.111 e. The Labute approximate surface area is 101 Å². The summed E-state index contributed by atoms with van der Waals surface area (Å²) >= 11 is 0.